The van der Waals surface area contributed by atoms with E-state index in [9.17, 15) is 0 Å². The minimum Gasteiger partial charge on any atom is -0.311 e. The van der Waals surface area contributed by atoms with Crippen molar-refractivity contribution in [3.63, 3.8) is 0 Å². The zero-order valence-corrected chi connectivity index (χ0v) is 12.0. The van der Waals surface area contributed by atoms with Crippen LogP contribution in [0.1, 0.15) is 38.9 Å². The quantitative estimate of drug-likeness (QED) is 0.869. The predicted molar refractivity (Wildman–Crippen MR) is 74.7 cm³/mol. The lowest BCUT2D eigenvalue weighted by atomic mass is 10.0. The Labute approximate surface area is 115 Å². The van der Waals surface area contributed by atoms with Crippen LogP contribution in [0.2, 0.25) is 0 Å². The summed E-state index contributed by atoms with van der Waals surface area (Å²) in [6.45, 7) is 8.54. The maximum Gasteiger partial charge on any atom is 0.141 e. The zero-order chi connectivity index (χ0) is 13.2. The first-order valence-corrected chi connectivity index (χ1v) is 7.66. The Kier molecular flexibility index (Phi) is 3.84. The summed E-state index contributed by atoms with van der Waals surface area (Å²) in [7, 11) is 0. The maximum absolute atomic E-state index is 4.43. The first kappa shape index (κ1) is 13.1. The molecule has 5 heteroatoms. The molecule has 1 aliphatic heterocycles. The first-order valence-electron chi connectivity index (χ1n) is 7.66. The van der Waals surface area contributed by atoms with Gasteiger partial charge >= 0.3 is 0 Å². The highest BCUT2D eigenvalue weighted by atomic mass is 15.4. The molecule has 0 aromatic carbocycles. The highest BCUT2D eigenvalue weighted by Crippen LogP contribution is 2.34. The van der Waals surface area contributed by atoms with E-state index in [-0.39, 0.29) is 0 Å². The van der Waals surface area contributed by atoms with E-state index in [2.05, 4.69) is 34.1 Å². The highest BCUT2D eigenvalue weighted by molar-refractivity contribution is 4.96. The van der Waals surface area contributed by atoms with Gasteiger partial charge in [0.25, 0.3) is 0 Å². The third-order valence-corrected chi connectivity index (χ3v) is 4.57. The molecule has 2 fully saturated rings. The molecule has 1 saturated carbocycles. The molecule has 106 valence electrons. The number of aromatic nitrogens is 3. The lowest BCUT2D eigenvalue weighted by molar-refractivity contribution is 0.107. The average molecular weight is 263 g/mol. The molecule has 0 spiro atoms. The minimum absolute atomic E-state index is 0.636. The SMILES string of the molecule is CCC1CNC(C2CC2)CN1Cc1ncnn1CC. The van der Waals surface area contributed by atoms with Crippen molar-refractivity contribution < 1.29 is 0 Å². The summed E-state index contributed by atoms with van der Waals surface area (Å²) in [5.74, 6) is 2.03. The van der Waals surface area contributed by atoms with E-state index in [0.717, 1.165) is 31.4 Å². The van der Waals surface area contributed by atoms with Crippen LogP contribution in [0.15, 0.2) is 6.33 Å². The molecule has 1 aromatic heterocycles. The molecular formula is C14H25N5. The van der Waals surface area contributed by atoms with Crippen molar-refractivity contribution in [3.8, 4) is 0 Å². The fourth-order valence-electron chi connectivity index (χ4n) is 3.15. The Hall–Kier alpha value is -0.940. The van der Waals surface area contributed by atoms with Crippen molar-refractivity contribution in [2.75, 3.05) is 13.1 Å². The molecule has 3 rings (SSSR count). The molecule has 2 aliphatic rings. The van der Waals surface area contributed by atoms with Gasteiger partial charge in [-0.2, -0.15) is 5.10 Å². The summed E-state index contributed by atoms with van der Waals surface area (Å²) < 4.78 is 2.01. The largest absolute Gasteiger partial charge is 0.311 e. The van der Waals surface area contributed by atoms with Crippen molar-refractivity contribution in [3.05, 3.63) is 12.2 Å². The van der Waals surface area contributed by atoms with Crippen molar-refractivity contribution in [1.29, 1.82) is 0 Å². The van der Waals surface area contributed by atoms with Gasteiger partial charge < -0.3 is 5.32 Å². The van der Waals surface area contributed by atoms with Crippen LogP contribution in [-0.4, -0.2) is 44.8 Å². The van der Waals surface area contributed by atoms with Crippen LogP contribution < -0.4 is 5.32 Å². The molecule has 0 amide bonds. The second kappa shape index (κ2) is 5.59. The summed E-state index contributed by atoms with van der Waals surface area (Å²) in [6.07, 6.45) is 5.70. The second-order valence-corrected chi connectivity index (χ2v) is 5.84. The molecule has 2 unspecified atom stereocenters. The number of nitrogens with zero attached hydrogens (tertiary/aromatic N) is 4. The van der Waals surface area contributed by atoms with Crippen molar-refractivity contribution in [2.45, 2.75) is 58.3 Å². The number of aryl methyl sites for hydroxylation is 1. The van der Waals surface area contributed by atoms with Crippen LogP contribution in [0.3, 0.4) is 0 Å². The van der Waals surface area contributed by atoms with Crippen molar-refractivity contribution >= 4 is 0 Å². The van der Waals surface area contributed by atoms with E-state index in [1.165, 1.54) is 25.8 Å². The van der Waals surface area contributed by atoms with Crippen molar-refractivity contribution in [2.24, 2.45) is 5.92 Å². The van der Waals surface area contributed by atoms with Crippen LogP contribution >= 0.6 is 0 Å². The molecule has 0 radical (unpaired) electrons. The summed E-state index contributed by atoms with van der Waals surface area (Å²) in [6, 6.07) is 1.33. The molecule has 0 bridgehead atoms. The van der Waals surface area contributed by atoms with Crippen LogP contribution in [0, 0.1) is 5.92 Å². The van der Waals surface area contributed by atoms with Gasteiger partial charge in [0, 0.05) is 31.7 Å². The fraction of sp³-hybridized carbons (Fsp3) is 0.857. The molecule has 1 N–H and O–H groups in total. The smallest absolute Gasteiger partial charge is 0.141 e. The third kappa shape index (κ3) is 2.82. The minimum atomic E-state index is 0.636. The average Bonchev–Trinajstić information content (AvgIpc) is 3.19. The van der Waals surface area contributed by atoms with E-state index in [1.54, 1.807) is 6.33 Å². The summed E-state index contributed by atoms with van der Waals surface area (Å²) in [4.78, 5) is 7.03. The molecular weight excluding hydrogens is 238 g/mol. The molecule has 5 nitrogen and oxygen atoms in total. The topological polar surface area (TPSA) is 46.0 Å². The molecule has 1 aromatic rings. The highest BCUT2D eigenvalue weighted by Gasteiger charge is 2.36. The van der Waals surface area contributed by atoms with Gasteiger partial charge in [-0.15, -0.1) is 0 Å². The second-order valence-electron chi connectivity index (χ2n) is 5.84. The van der Waals surface area contributed by atoms with Gasteiger partial charge in [-0.1, -0.05) is 6.92 Å². The van der Waals surface area contributed by atoms with E-state index >= 15 is 0 Å². The number of hydrogen-bond acceptors (Lipinski definition) is 4. The molecule has 19 heavy (non-hydrogen) atoms. The van der Waals surface area contributed by atoms with Crippen LogP contribution in [-0.2, 0) is 13.1 Å². The third-order valence-electron chi connectivity index (χ3n) is 4.57. The van der Waals surface area contributed by atoms with E-state index in [4.69, 9.17) is 0 Å². The van der Waals surface area contributed by atoms with E-state index in [1.807, 2.05) is 4.68 Å². The Morgan fingerprint density at radius 3 is 2.89 bits per heavy atom. The fourth-order valence-corrected chi connectivity index (χ4v) is 3.15. The van der Waals surface area contributed by atoms with Gasteiger partial charge in [0.1, 0.15) is 12.2 Å². The number of piperazine rings is 1. The molecule has 1 aliphatic carbocycles. The first-order chi connectivity index (χ1) is 9.31. The van der Waals surface area contributed by atoms with Gasteiger partial charge in [-0.3, -0.25) is 4.90 Å². The van der Waals surface area contributed by atoms with E-state index in [0.29, 0.717) is 12.1 Å². The standard InChI is InChI=1S/C14H25N5/c1-3-12-7-15-13(11-5-6-11)8-18(12)9-14-16-10-17-19(14)4-2/h10-13,15H,3-9H2,1-2H3. The summed E-state index contributed by atoms with van der Waals surface area (Å²) >= 11 is 0. The summed E-state index contributed by atoms with van der Waals surface area (Å²) in [5.41, 5.74) is 0. The Bertz CT molecular complexity index is 412. The lowest BCUT2D eigenvalue weighted by Crippen LogP contribution is -2.56. The molecule has 2 heterocycles. The Balaban J connectivity index is 1.68. The van der Waals surface area contributed by atoms with Crippen molar-refractivity contribution in [1.82, 2.24) is 25.0 Å². The van der Waals surface area contributed by atoms with Crippen LogP contribution in [0.5, 0.6) is 0 Å². The van der Waals surface area contributed by atoms with Crippen LogP contribution in [0.4, 0.5) is 0 Å². The van der Waals surface area contributed by atoms with Gasteiger partial charge in [-0.05, 0) is 32.1 Å². The van der Waals surface area contributed by atoms with Gasteiger partial charge in [0.15, 0.2) is 0 Å². The normalized spacial score (nSPS) is 28.7. The molecule has 1 saturated heterocycles. The van der Waals surface area contributed by atoms with Crippen LogP contribution in [0.25, 0.3) is 0 Å². The molecule has 2 atom stereocenters. The van der Waals surface area contributed by atoms with Gasteiger partial charge in [0.2, 0.25) is 0 Å². The monoisotopic (exact) mass is 263 g/mol. The lowest BCUT2D eigenvalue weighted by Gasteiger charge is -2.40. The zero-order valence-electron chi connectivity index (χ0n) is 12.0. The Morgan fingerprint density at radius 1 is 1.37 bits per heavy atom. The maximum atomic E-state index is 4.43. The van der Waals surface area contributed by atoms with E-state index < -0.39 is 0 Å². The number of hydrogen-bond donors (Lipinski definition) is 1. The van der Waals surface area contributed by atoms with Gasteiger partial charge in [0.05, 0.1) is 6.54 Å². The Morgan fingerprint density at radius 2 is 2.21 bits per heavy atom. The number of nitrogens with one attached hydrogen (secondary N) is 1. The predicted octanol–water partition coefficient (Wildman–Crippen LogP) is 1.26. The number of rotatable bonds is 5. The van der Waals surface area contributed by atoms with Gasteiger partial charge in [-0.25, -0.2) is 9.67 Å². The summed E-state index contributed by atoms with van der Waals surface area (Å²) in [5, 5.41) is 8.02.